The van der Waals surface area contributed by atoms with E-state index in [4.69, 9.17) is 15.6 Å². The van der Waals surface area contributed by atoms with Crippen LogP contribution < -0.4 is 10.9 Å². The van der Waals surface area contributed by atoms with Crippen molar-refractivity contribution < 1.29 is 17.7 Å². The summed E-state index contributed by atoms with van der Waals surface area (Å²) in [6, 6.07) is 3.15. The van der Waals surface area contributed by atoms with Gasteiger partial charge in [0.1, 0.15) is 17.7 Å². The summed E-state index contributed by atoms with van der Waals surface area (Å²) in [5.41, 5.74) is 6.44. The first-order chi connectivity index (χ1) is 12.7. The van der Waals surface area contributed by atoms with Gasteiger partial charge >= 0.3 is 0 Å². The molecule has 3 saturated heterocycles. The molecule has 6 nitrogen and oxygen atoms in total. The van der Waals surface area contributed by atoms with Crippen molar-refractivity contribution in [1.29, 1.82) is 0 Å². The molecular formula is C18H26F2N4O2S. The summed E-state index contributed by atoms with van der Waals surface area (Å²) in [5.74, 6) is 3.02. The van der Waals surface area contributed by atoms with Crippen LogP contribution >= 0.6 is 0 Å². The third-order valence-corrected chi connectivity index (χ3v) is 7.35. The molecule has 0 saturated carbocycles. The fourth-order valence-corrected chi connectivity index (χ4v) is 5.90. The quantitative estimate of drug-likeness (QED) is 0.729. The number of ether oxygens (including phenoxy) is 1. The zero-order chi connectivity index (χ0) is 19.3. The Hall–Kier alpha value is -1.10. The van der Waals surface area contributed by atoms with Crippen LogP contribution in [0.1, 0.15) is 24.5 Å². The highest BCUT2D eigenvalue weighted by molar-refractivity contribution is 7.96. The van der Waals surface area contributed by atoms with Gasteiger partial charge in [0.05, 0.1) is 16.5 Å². The summed E-state index contributed by atoms with van der Waals surface area (Å²) in [4.78, 5) is 2.30. The van der Waals surface area contributed by atoms with E-state index in [1.54, 1.807) is 0 Å². The highest BCUT2D eigenvalue weighted by Gasteiger charge is 2.46. The first-order valence-corrected chi connectivity index (χ1v) is 11.0. The second-order valence-electron chi connectivity index (χ2n) is 7.87. The molecule has 0 amide bonds. The average Bonchev–Trinajstić information content (AvgIpc) is 3.16. The number of hydrogen-bond donors (Lipinski definition) is 2. The number of hydrogen-bond acceptors (Lipinski definition) is 4. The van der Waals surface area contributed by atoms with Gasteiger partial charge in [-0.1, -0.05) is 0 Å². The summed E-state index contributed by atoms with van der Waals surface area (Å²) < 4.78 is 47.5. The van der Waals surface area contributed by atoms with Crippen molar-refractivity contribution >= 4 is 15.8 Å². The number of nitrogens with zero attached hydrogens (tertiary/aromatic N) is 2. The van der Waals surface area contributed by atoms with Crippen LogP contribution in [-0.4, -0.2) is 63.7 Å². The Kier molecular flexibility index (Phi) is 5.02. The van der Waals surface area contributed by atoms with Gasteiger partial charge in [0.2, 0.25) is 0 Å². The normalized spacial score (nSPS) is 37.3. The van der Waals surface area contributed by atoms with Crippen molar-refractivity contribution in [2.45, 2.75) is 37.1 Å². The number of rotatable bonds is 3. The van der Waals surface area contributed by atoms with Gasteiger partial charge in [-0.3, -0.25) is 4.90 Å². The largest absolute Gasteiger partial charge is 0.370 e. The van der Waals surface area contributed by atoms with Crippen LogP contribution in [0.25, 0.3) is 0 Å². The Morgan fingerprint density at radius 3 is 2.78 bits per heavy atom. The molecule has 27 heavy (non-hydrogen) atoms. The lowest BCUT2D eigenvalue weighted by Gasteiger charge is -2.39. The first-order valence-electron chi connectivity index (χ1n) is 9.22. The standard InChI is InChI=1S/C18H26F2N4O2S/c1-27(22,25)24-5-4-11-8-23(9-17(11)24)13-7-16(21)18(26-10-13)14-6-12(19)2-3-15(14)20/h2-3,6,11,13,16-18H,1,4-5,7-10,21H2,(H2,22,25)/t11?,13-,16+,17?,18-,27?/m1/s1. The maximum absolute atomic E-state index is 14.1. The number of halogens is 2. The zero-order valence-corrected chi connectivity index (χ0v) is 15.9. The summed E-state index contributed by atoms with van der Waals surface area (Å²) >= 11 is 0. The van der Waals surface area contributed by atoms with Gasteiger partial charge in [0.15, 0.2) is 0 Å². The second-order valence-corrected chi connectivity index (χ2v) is 9.72. The van der Waals surface area contributed by atoms with Gasteiger partial charge in [-0.2, -0.15) is 0 Å². The van der Waals surface area contributed by atoms with E-state index in [9.17, 15) is 13.0 Å². The molecule has 3 fully saturated rings. The summed E-state index contributed by atoms with van der Waals surface area (Å²) in [5, 5.41) is 5.76. The maximum atomic E-state index is 14.1. The van der Waals surface area contributed by atoms with Crippen LogP contribution in [0.3, 0.4) is 0 Å². The highest BCUT2D eigenvalue weighted by Crippen LogP contribution is 2.37. The molecule has 0 aromatic heterocycles. The fourth-order valence-electron chi connectivity index (χ4n) is 4.79. The van der Waals surface area contributed by atoms with Gasteiger partial charge in [-0.15, -0.1) is 0 Å². The Bertz CT molecular complexity index is 822. The molecular weight excluding hydrogens is 374 g/mol. The van der Waals surface area contributed by atoms with Gasteiger partial charge in [0.25, 0.3) is 0 Å². The van der Waals surface area contributed by atoms with Crippen LogP contribution in [0.15, 0.2) is 18.2 Å². The predicted octanol–water partition coefficient (Wildman–Crippen LogP) is 0.633. The molecule has 9 heteroatoms. The summed E-state index contributed by atoms with van der Waals surface area (Å²) in [6.07, 6.45) is 0.919. The van der Waals surface area contributed by atoms with Crippen LogP contribution in [-0.2, 0) is 14.6 Å². The van der Waals surface area contributed by atoms with Crippen molar-refractivity contribution in [1.82, 2.24) is 9.21 Å². The Labute approximate surface area is 158 Å². The van der Waals surface area contributed by atoms with E-state index in [2.05, 4.69) is 10.8 Å². The molecule has 3 heterocycles. The lowest BCUT2D eigenvalue weighted by molar-refractivity contribution is -0.0485. The molecule has 4 N–H and O–H groups in total. The number of benzene rings is 1. The van der Waals surface area contributed by atoms with Crippen LogP contribution in [0.2, 0.25) is 0 Å². The molecule has 1 aromatic rings. The highest BCUT2D eigenvalue weighted by atomic mass is 32.2. The Morgan fingerprint density at radius 2 is 2.07 bits per heavy atom. The molecule has 3 aliphatic heterocycles. The number of fused-ring (bicyclic) bond motifs is 1. The van der Waals surface area contributed by atoms with E-state index in [1.165, 1.54) is 0 Å². The second kappa shape index (κ2) is 7.06. The molecule has 0 aliphatic carbocycles. The maximum Gasteiger partial charge on any atom is 0.129 e. The van der Waals surface area contributed by atoms with Crippen molar-refractivity contribution in [2.24, 2.45) is 16.8 Å². The smallest absolute Gasteiger partial charge is 0.129 e. The molecule has 0 radical (unpaired) electrons. The molecule has 0 spiro atoms. The first kappa shape index (κ1) is 19.2. The lowest BCUT2D eigenvalue weighted by Crippen LogP contribution is -2.50. The predicted molar refractivity (Wildman–Crippen MR) is 101 cm³/mol. The molecule has 1 aromatic carbocycles. The van der Waals surface area contributed by atoms with E-state index in [0.717, 1.165) is 37.7 Å². The topological polar surface area (TPSA) is 84.8 Å². The van der Waals surface area contributed by atoms with Gasteiger partial charge in [-0.25, -0.2) is 22.4 Å². The van der Waals surface area contributed by atoms with Gasteiger partial charge in [0, 0.05) is 43.3 Å². The van der Waals surface area contributed by atoms with Gasteiger partial charge in [-0.05, 0) is 42.8 Å². The monoisotopic (exact) mass is 400 g/mol. The average molecular weight is 400 g/mol. The number of likely N-dealkylation sites (tertiary alicyclic amines) is 1. The molecule has 3 unspecified atom stereocenters. The van der Waals surface area contributed by atoms with Crippen molar-refractivity contribution in [3.8, 4) is 0 Å². The van der Waals surface area contributed by atoms with Crippen molar-refractivity contribution in [2.75, 3.05) is 26.2 Å². The summed E-state index contributed by atoms with van der Waals surface area (Å²) in [6.45, 7) is 2.73. The van der Waals surface area contributed by atoms with Crippen molar-refractivity contribution in [3.63, 3.8) is 0 Å². The number of nitrogens with two attached hydrogens (primary N) is 2. The van der Waals surface area contributed by atoms with Gasteiger partial charge < -0.3 is 10.5 Å². The van der Waals surface area contributed by atoms with E-state index >= 15 is 0 Å². The van der Waals surface area contributed by atoms with Crippen LogP contribution in [0, 0.1) is 17.6 Å². The van der Waals surface area contributed by atoms with Crippen LogP contribution in [0.4, 0.5) is 8.78 Å². The lowest BCUT2D eigenvalue weighted by atomic mass is 9.93. The van der Waals surface area contributed by atoms with E-state index in [1.807, 2.05) is 4.31 Å². The third-order valence-electron chi connectivity index (χ3n) is 6.10. The third kappa shape index (κ3) is 3.64. The molecule has 4 rings (SSSR count). The van der Waals surface area contributed by atoms with E-state index in [-0.39, 0.29) is 17.6 Å². The Morgan fingerprint density at radius 1 is 1.30 bits per heavy atom. The minimum atomic E-state index is -2.70. The minimum Gasteiger partial charge on any atom is -0.370 e. The molecule has 3 aliphatic rings. The Balaban J connectivity index is 1.43. The van der Waals surface area contributed by atoms with E-state index < -0.39 is 33.7 Å². The zero-order valence-electron chi connectivity index (χ0n) is 15.1. The molecule has 150 valence electrons. The van der Waals surface area contributed by atoms with Crippen LogP contribution in [0.5, 0.6) is 0 Å². The summed E-state index contributed by atoms with van der Waals surface area (Å²) in [7, 11) is -2.70. The fraction of sp³-hybridized carbons (Fsp3) is 0.611. The molecule has 0 bridgehead atoms. The molecule has 6 atom stereocenters. The van der Waals surface area contributed by atoms with Crippen molar-refractivity contribution in [3.05, 3.63) is 35.4 Å². The van der Waals surface area contributed by atoms with E-state index in [0.29, 0.717) is 25.5 Å². The minimum absolute atomic E-state index is 0.0963. The SMILES string of the molecule is C=S(N)(=O)N1CCC2CN([C@H]3CO[C@H](c4cc(F)ccc4F)[C@@H](N)C3)CC21.